The Morgan fingerprint density at radius 1 is 0.846 bits per heavy atom. The molecule has 2 aliphatic heterocycles. The second-order valence-corrected chi connectivity index (χ2v) is 22.2. The maximum absolute atomic E-state index is 14.0. The van der Waals surface area contributed by atoms with Gasteiger partial charge in [-0.2, -0.15) is 0 Å². The number of nitrogens with one attached hydrogen (secondary N) is 4. The topological polar surface area (TPSA) is 220 Å². The fraction of sp³-hybridized carbons (Fsp3) is 0.450. The van der Waals surface area contributed by atoms with E-state index in [0.717, 1.165) is 33.4 Å². The summed E-state index contributed by atoms with van der Waals surface area (Å²) in [5, 5.41) is 11.6. The van der Waals surface area contributed by atoms with Crippen LogP contribution in [0.4, 0.5) is 4.79 Å². The molecule has 4 N–H and O–H groups in total. The monoisotopic (exact) mass is 1090 g/mol. The van der Waals surface area contributed by atoms with E-state index in [9.17, 15) is 33.6 Å². The van der Waals surface area contributed by atoms with E-state index in [4.69, 9.17) is 35.3 Å². The van der Waals surface area contributed by atoms with Gasteiger partial charge in [0.2, 0.25) is 23.6 Å². The maximum Gasteiger partial charge on any atom is 0.411 e. The molecule has 1 saturated heterocycles. The molecule has 7 rings (SSSR count). The second kappa shape index (κ2) is 25.5. The number of fused-ring (bicyclic) bond motifs is 3. The van der Waals surface area contributed by atoms with Crippen LogP contribution in [-0.2, 0) is 60.7 Å². The van der Waals surface area contributed by atoms with Crippen molar-refractivity contribution in [2.24, 2.45) is 23.2 Å². The van der Waals surface area contributed by atoms with Crippen molar-refractivity contribution in [3.05, 3.63) is 136 Å². The second-order valence-electron chi connectivity index (χ2n) is 21.8. The van der Waals surface area contributed by atoms with Crippen LogP contribution in [0.15, 0.2) is 103 Å². The lowest BCUT2D eigenvalue weighted by Crippen LogP contribution is -2.55. The number of epoxide rings is 1. The predicted molar refractivity (Wildman–Crippen MR) is 293 cm³/mol. The van der Waals surface area contributed by atoms with Gasteiger partial charge in [0, 0.05) is 50.0 Å². The average molecular weight is 1090 g/mol. The van der Waals surface area contributed by atoms with Gasteiger partial charge in [-0.3, -0.25) is 28.9 Å². The number of hydrogen-bond donors (Lipinski definition) is 4. The highest BCUT2D eigenvalue weighted by molar-refractivity contribution is 6.32. The number of ether oxygens (including phenoxy) is 5. The van der Waals surface area contributed by atoms with Gasteiger partial charge >= 0.3 is 18.0 Å². The van der Waals surface area contributed by atoms with Crippen molar-refractivity contribution in [2.45, 2.75) is 130 Å². The first-order valence-corrected chi connectivity index (χ1v) is 26.9. The van der Waals surface area contributed by atoms with Crippen LogP contribution in [0, 0.1) is 23.2 Å². The summed E-state index contributed by atoms with van der Waals surface area (Å²) in [5.74, 6) is -3.79. The molecule has 0 radical (unpaired) electrons. The number of nitrogens with zero attached hydrogens (tertiary/aromatic N) is 1. The van der Waals surface area contributed by atoms with Crippen molar-refractivity contribution < 1.29 is 57.2 Å². The Bertz CT molecular complexity index is 2840. The number of carbonyl (C=O) groups is 7. The highest BCUT2D eigenvalue weighted by Crippen LogP contribution is 2.46. The van der Waals surface area contributed by atoms with Crippen LogP contribution in [-0.4, -0.2) is 104 Å². The Labute approximate surface area is 461 Å². The molecule has 4 aromatic rings. The number of cyclic esters (lactones) is 2. The first-order chi connectivity index (χ1) is 37.1. The summed E-state index contributed by atoms with van der Waals surface area (Å²) >= 11 is 6.39. The maximum atomic E-state index is 14.0. The third kappa shape index (κ3) is 14.3. The van der Waals surface area contributed by atoms with Crippen LogP contribution in [0.3, 0.4) is 0 Å². The number of likely N-dealkylation sites (N-methyl/N-ethyl adjacent to an activating group) is 1. The molecule has 4 aromatic carbocycles. The molecule has 1 fully saturated rings. The molecule has 0 saturated carbocycles. The summed E-state index contributed by atoms with van der Waals surface area (Å²) in [5.41, 5.74) is 4.72. The van der Waals surface area contributed by atoms with Crippen LogP contribution >= 0.6 is 11.6 Å². The normalized spacial score (nSPS) is 22.0. The Balaban J connectivity index is 0.963. The average Bonchev–Trinajstić information content (AvgIpc) is 4.34. The van der Waals surface area contributed by atoms with E-state index in [0.29, 0.717) is 16.3 Å². The van der Waals surface area contributed by atoms with Crippen LogP contribution < -0.4 is 26.0 Å². The predicted octanol–water partition coefficient (Wildman–Crippen LogP) is 8.11. The summed E-state index contributed by atoms with van der Waals surface area (Å²) in [6.45, 7) is 14.1. The van der Waals surface area contributed by atoms with Crippen molar-refractivity contribution in [2.75, 3.05) is 20.7 Å². The number of carbonyl (C=O) groups excluding carboxylic acids is 7. The largest absolute Gasteiger partial charge is 0.495 e. The van der Waals surface area contributed by atoms with Gasteiger partial charge < -0.3 is 45.0 Å². The van der Waals surface area contributed by atoms with Crippen molar-refractivity contribution in [1.82, 2.24) is 26.2 Å². The number of rotatable bonds is 16. The molecule has 3 aliphatic rings. The van der Waals surface area contributed by atoms with Crippen LogP contribution in [0.1, 0.15) is 108 Å². The molecule has 5 amide bonds. The summed E-state index contributed by atoms with van der Waals surface area (Å²) in [7, 11) is 3.01. The summed E-state index contributed by atoms with van der Waals surface area (Å²) in [6.07, 6.45) is -0.904. The minimum Gasteiger partial charge on any atom is -0.495 e. The fourth-order valence-electron chi connectivity index (χ4n) is 9.81. The van der Waals surface area contributed by atoms with Gasteiger partial charge in [0.1, 0.15) is 36.1 Å². The van der Waals surface area contributed by atoms with Crippen molar-refractivity contribution in [3.8, 4) is 16.9 Å². The van der Waals surface area contributed by atoms with E-state index < -0.39 is 95.5 Å². The number of esters is 2. The third-order valence-electron chi connectivity index (χ3n) is 14.4. The lowest BCUT2D eigenvalue weighted by atomic mass is 9.92. The van der Waals surface area contributed by atoms with Crippen molar-refractivity contribution >= 4 is 53.3 Å². The Morgan fingerprint density at radius 3 is 2.10 bits per heavy atom. The summed E-state index contributed by atoms with van der Waals surface area (Å²) in [4.78, 5) is 96.9. The molecule has 0 spiro atoms. The number of halogens is 1. The molecule has 0 bridgehead atoms. The van der Waals surface area contributed by atoms with E-state index >= 15 is 0 Å². The van der Waals surface area contributed by atoms with E-state index in [1.165, 1.54) is 25.1 Å². The number of amides is 5. The molecular formula is C60H72ClN5O12. The smallest absolute Gasteiger partial charge is 0.411 e. The van der Waals surface area contributed by atoms with Gasteiger partial charge in [-0.05, 0) is 85.1 Å². The molecular weight excluding hydrogens is 1020 g/mol. The van der Waals surface area contributed by atoms with Gasteiger partial charge in [0.15, 0.2) is 12.2 Å². The minimum atomic E-state index is -1.27. The highest BCUT2D eigenvalue weighted by atomic mass is 35.5. The van der Waals surface area contributed by atoms with Gasteiger partial charge in [-0.1, -0.05) is 131 Å². The summed E-state index contributed by atoms with van der Waals surface area (Å²) < 4.78 is 29.6. The number of benzene rings is 4. The van der Waals surface area contributed by atoms with Gasteiger partial charge in [0.25, 0.3) is 0 Å². The SMILES string of the molecule is COc1ccc(C[C@H]2NC(=O)/C=C\C[C@@H](C(C)[C@@H]3O[C@@H]3c3ccc(CNC(=O)[C@H](C)NC(=O)[C@H](C(C)C)N(C)C(=O)OC4c5ccccc5-c5ccccc54)cc3)OC(=O)[C@H](CC(C)C)OC(=O)C(C)(C)CNC2=O)cc1Cl. The molecule has 1 unspecified atom stereocenters. The Morgan fingerprint density at radius 2 is 1.49 bits per heavy atom. The number of methoxy groups -OCH3 is 1. The first-order valence-electron chi connectivity index (χ1n) is 26.5. The zero-order valence-corrected chi connectivity index (χ0v) is 46.7. The highest BCUT2D eigenvalue weighted by Gasteiger charge is 2.48. The molecule has 78 heavy (non-hydrogen) atoms. The fourth-order valence-corrected chi connectivity index (χ4v) is 10.1. The first kappa shape index (κ1) is 58.4. The van der Waals surface area contributed by atoms with Crippen LogP contribution in [0.25, 0.3) is 11.1 Å². The molecule has 2 heterocycles. The minimum absolute atomic E-state index is 0.0534. The van der Waals surface area contributed by atoms with E-state index in [1.54, 1.807) is 45.0 Å². The molecule has 0 aromatic heterocycles. The van der Waals surface area contributed by atoms with E-state index in [1.807, 2.05) is 107 Å². The lowest BCUT2D eigenvalue weighted by Gasteiger charge is -2.31. The van der Waals surface area contributed by atoms with Gasteiger partial charge in [0.05, 0.1) is 23.7 Å². The molecule has 416 valence electrons. The summed E-state index contributed by atoms with van der Waals surface area (Å²) in [6, 6.07) is 25.1. The third-order valence-corrected chi connectivity index (χ3v) is 14.7. The molecule has 8 atom stereocenters. The molecule has 1 aliphatic carbocycles. The van der Waals surface area contributed by atoms with Crippen molar-refractivity contribution in [1.29, 1.82) is 0 Å². The molecule has 17 nitrogen and oxygen atoms in total. The van der Waals surface area contributed by atoms with Crippen LogP contribution in [0.5, 0.6) is 5.75 Å². The lowest BCUT2D eigenvalue weighted by molar-refractivity contribution is -0.179. The quantitative estimate of drug-likeness (QED) is 0.0475. The Kier molecular flexibility index (Phi) is 19.1. The van der Waals surface area contributed by atoms with E-state index in [-0.39, 0.29) is 50.3 Å². The van der Waals surface area contributed by atoms with Crippen molar-refractivity contribution in [3.63, 3.8) is 0 Å². The Hall–Kier alpha value is -7.24. The van der Waals surface area contributed by atoms with Gasteiger partial charge in [-0.25, -0.2) is 9.59 Å². The number of hydrogen-bond acceptors (Lipinski definition) is 12. The zero-order chi connectivity index (χ0) is 56.6. The van der Waals surface area contributed by atoms with Gasteiger partial charge in [-0.15, -0.1) is 0 Å². The standard InChI is InChI=1S/C60H72ClN5O12/c1-33(2)28-48-57(71)75-46(20-15-21-49(67)65-45(30-38-24-27-47(74-10)44(61)29-38)55(69)63-32-60(7,8)58(72)76-48)35(5)51-52(77-51)39-25-22-37(23-26-39)31-62-54(68)36(6)64-56(70)50(34(3)4)66(9)59(73)78-53-42-18-13-11-16-40(42)41-17-12-14-19-43(41)53/h11-19,21-27,29,33-36,45-46,48,50-53H,20,28,30-32H2,1-10H3,(H,62,68)(H,63,69)(H,64,70)(H,65,67)/b21-15-/t35?,36-,45+,46-,48-,50-,51-,52+/m0/s1. The molecule has 18 heteroatoms. The van der Waals surface area contributed by atoms with Crippen LogP contribution in [0.2, 0.25) is 5.02 Å². The zero-order valence-electron chi connectivity index (χ0n) is 45.9. The van der Waals surface area contributed by atoms with E-state index in [2.05, 4.69) is 21.3 Å².